The number of rotatable bonds is 3. The van der Waals surface area contributed by atoms with Gasteiger partial charge in [-0.05, 0) is 18.6 Å². The Morgan fingerprint density at radius 1 is 1.35 bits per heavy atom. The molecule has 0 saturated heterocycles. The highest BCUT2D eigenvalue weighted by molar-refractivity contribution is 8.03. The number of anilines is 1. The van der Waals surface area contributed by atoms with Gasteiger partial charge in [-0.3, -0.25) is 0 Å². The van der Waals surface area contributed by atoms with Crippen molar-refractivity contribution in [1.29, 1.82) is 0 Å². The van der Waals surface area contributed by atoms with Crippen LogP contribution in [0.3, 0.4) is 0 Å². The van der Waals surface area contributed by atoms with E-state index >= 15 is 0 Å². The number of carboxylic acid groups (broad SMARTS) is 1. The van der Waals surface area contributed by atoms with Gasteiger partial charge in [-0.1, -0.05) is 45.5 Å². The standard InChI is InChI=1S/C10H11N3O2S.2C2H6/c1-6-2-3-8(11-4-6)13-10-12-7(5-16-10)9(14)15;2*1-2/h2-5,10,12H,1H3,(H,11,13)(H,14,15);2*1-2H3. The van der Waals surface area contributed by atoms with Gasteiger partial charge < -0.3 is 15.7 Å². The van der Waals surface area contributed by atoms with Crippen LogP contribution in [-0.2, 0) is 4.79 Å². The summed E-state index contributed by atoms with van der Waals surface area (Å²) in [6.45, 7) is 9.96. The van der Waals surface area contributed by atoms with Crippen LogP contribution < -0.4 is 10.6 Å². The minimum Gasteiger partial charge on any atom is -0.477 e. The van der Waals surface area contributed by atoms with Crippen molar-refractivity contribution in [2.45, 2.75) is 40.1 Å². The minimum atomic E-state index is -0.950. The Bertz CT molecular complexity index is 433. The zero-order valence-electron chi connectivity index (χ0n) is 12.6. The Kier molecular flexibility index (Phi) is 9.28. The number of hydrogen-bond acceptors (Lipinski definition) is 5. The topological polar surface area (TPSA) is 74.2 Å². The molecule has 112 valence electrons. The van der Waals surface area contributed by atoms with E-state index in [2.05, 4.69) is 15.6 Å². The molecule has 5 nitrogen and oxygen atoms in total. The number of aliphatic carboxylic acids is 1. The third-order valence-corrected chi connectivity index (χ3v) is 2.91. The smallest absolute Gasteiger partial charge is 0.352 e. The molecule has 0 amide bonds. The van der Waals surface area contributed by atoms with Crippen molar-refractivity contribution >= 4 is 23.5 Å². The number of carbonyl (C=O) groups is 1. The number of thioether (sulfide) groups is 1. The van der Waals surface area contributed by atoms with Gasteiger partial charge in [0.15, 0.2) is 5.50 Å². The largest absolute Gasteiger partial charge is 0.477 e. The molecule has 2 rings (SSSR count). The van der Waals surface area contributed by atoms with Gasteiger partial charge in [-0.2, -0.15) is 0 Å². The lowest BCUT2D eigenvalue weighted by atomic mass is 10.3. The molecular formula is C14H23N3O2S. The van der Waals surface area contributed by atoms with Crippen molar-refractivity contribution in [2.75, 3.05) is 5.32 Å². The molecule has 20 heavy (non-hydrogen) atoms. The SMILES string of the molecule is CC.CC.Cc1ccc(NC2NC(C(=O)O)=CS2)nc1. The molecular weight excluding hydrogens is 274 g/mol. The Balaban J connectivity index is 0.000000829. The Labute approximate surface area is 124 Å². The lowest BCUT2D eigenvalue weighted by Gasteiger charge is -2.14. The first-order valence-corrected chi connectivity index (χ1v) is 7.64. The summed E-state index contributed by atoms with van der Waals surface area (Å²) < 4.78 is 0. The first kappa shape index (κ1) is 18.3. The molecule has 0 spiro atoms. The average molecular weight is 297 g/mol. The Morgan fingerprint density at radius 2 is 2.00 bits per heavy atom. The molecule has 1 atom stereocenters. The predicted octanol–water partition coefficient (Wildman–Crippen LogP) is 3.40. The molecule has 0 aromatic carbocycles. The average Bonchev–Trinajstić information content (AvgIpc) is 2.95. The fourth-order valence-electron chi connectivity index (χ4n) is 1.22. The quantitative estimate of drug-likeness (QED) is 0.794. The van der Waals surface area contributed by atoms with E-state index in [0.29, 0.717) is 0 Å². The van der Waals surface area contributed by atoms with E-state index in [4.69, 9.17) is 5.11 Å². The molecule has 1 aliphatic rings. The number of aromatic nitrogens is 1. The monoisotopic (exact) mass is 297 g/mol. The number of carboxylic acids is 1. The van der Waals surface area contributed by atoms with Crippen molar-refractivity contribution in [2.24, 2.45) is 0 Å². The first-order valence-electron chi connectivity index (χ1n) is 6.70. The van der Waals surface area contributed by atoms with Crippen molar-refractivity contribution in [3.8, 4) is 0 Å². The van der Waals surface area contributed by atoms with Crippen molar-refractivity contribution in [1.82, 2.24) is 10.3 Å². The van der Waals surface area contributed by atoms with Crippen LogP contribution in [-0.4, -0.2) is 21.6 Å². The normalized spacial score (nSPS) is 15.7. The lowest BCUT2D eigenvalue weighted by Crippen LogP contribution is -2.31. The second kappa shape index (κ2) is 10.1. The van der Waals surface area contributed by atoms with Gasteiger partial charge in [0, 0.05) is 11.6 Å². The van der Waals surface area contributed by atoms with Crippen LogP contribution >= 0.6 is 11.8 Å². The van der Waals surface area contributed by atoms with Gasteiger partial charge in [-0.25, -0.2) is 9.78 Å². The van der Waals surface area contributed by atoms with E-state index in [-0.39, 0.29) is 11.2 Å². The summed E-state index contributed by atoms with van der Waals surface area (Å²) in [7, 11) is 0. The molecule has 1 unspecified atom stereocenters. The number of aryl methyl sites for hydroxylation is 1. The van der Waals surface area contributed by atoms with E-state index in [9.17, 15) is 4.79 Å². The fraction of sp³-hybridized carbons (Fsp3) is 0.429. The third-order valence-electron chi connectivity index (χ3n) is 2.03. The summed E-state index contributed by atoms with van der Waals surface area (Å²) in [6.07, 6.45) is 1.76. The maximum absolute atomic E-state index is 10.7. The summed E-state index contributed by atoms with van der Waals surface area (Å²) >= 11 is 1.37. The highest BCUT2D eigenvalue weighted by atomic mass is 32.2. The molecule has 0 aliphatic carbocycles. The molecule has 1 aromatic heterocycles. The molecule has 3 N–H and O–H groups in total. The van der Waals surface area contributed by atoms with E-state index in [1.807, 2.05) is 46.8 Å². The van der Waals surface area contributed by atoms with Gasteiger partial charge >= 0.3 is 5.97 Å². The second-order valence-corrected chi connectivity index (χ2v) is 4.34. The molecule has 0 fully saturated rings. The van der Waals surface area contributed by atoms with Gasteiger partial charge in [0.25, 0.3) is 0 Å². The van der Waals surface area contributed by atoms with Gasteiger partial charge in [0.1, 0.15) is 11.5 Å². The number of hydrogen-bond donors (Lipinski definition) is 3. The van der Waals surface area contributed by atoms with Crippen LogP contribution in [0.15, 0.2) is 29.4 Å². The molecule has 6 heteroatoms. The van der Waals surface area contributed by atoms with Crippen LogP contribution in [0, 0.1) is 6.92 Å². The second-order valence-electron chi connectivity index (χ2n) is 3.36. The predicted molar refractivity (Wildman–Crippen MR) is 85.5 cm³/mol. The van der Waals surface area contributed by atoms with Crippen molar-refractivity contribution < 1.29 is 9.90 Å². The molecule has 1 aromatic rings. The fourth-order valence-corrected chi connectivity index (χ4v) is 2.04. The Morgan fingerprint density at radius 3 is 2.45 bits per heavy atom. The molecule has 0 bridgehead atoms. The van der Waals surface area contributed by atoms with E-state index < -0.39 is 5.97 Å². The highest BCUT2D eigenvalue weighted by Crippen LogP contribution is 2.21. The lowest BCUT2D eigenvalue weighted by molar-refractivity contribution is -0.133. The Hall–Kier alpha value is -1.69. The summed E-state index contributed by atoms with van der Waals surface area (Å²) in [5.74, 6) is -0.232. The van der Waals surface area contributed by atoms with Gasteiger partial charge in [-0.15, -0.1) is 0 Å². The highest BCUT2D eigenvalue weighted by Gasteiger charge is 2.20. The summed E-state index contributed by atoms with van der Waals surface area (Å²) in [5.41, 5.74) is 1.11. The van der Waals surface area contributed by atoms with Crippen LogP contribution in [0.25, 0.3) is 0 Å². The zero-order valence-corrected chi connectivity index (χ0v) is 13.4. The molecule has 0 saturated carbocycles. The number of pyridine rings is 1. The third kappa shape index (κ3) is 5.97. The van der Waals surface area contributed by atoms with Crippen molar-refractivity contribution in [3.05, 3.63) is 35.0 Å². The minimum absolute atomic E-state index is 0.179. The van der Waals surface area contributed by atoms with Gasteiger partial charge in [0.05, 0.1) is 0 Å². The maximum Gasteiger partial charge on any atom is 0.352 e. The first-order chi connectivity index (χ1) is 9.65. The zero-order chi connectivity index (χ0) is 15.5. The van der Waals surface area contributed by atoms with E-state index in [0.717, 1.165) is 11.4 Å². The van der Waals surface area contributed by atoms with Crippen LogP contribution in [0.1, 0.15) is 33.3 Å². The summed E-state index contributed by atoms with van der Waals surface area (Å²) in [6, 6.07) is 3.80. The molecule has 2 heterocycles. The van der Waals surface area contributed by atoms with E-state index in [1.165, 1.54) is 11.8 Å². The van der Waals surface area contributed by atoms with Crippen molar-refractivity contribution in [3.63, 3.8) is 0 Å². The summed E-state index contributed by atoms with van der Waals surface area (Å²) in [5, 5.41) is 16.2. The summed E-state index contributed by atoms with van der Waals surface area (Å²) in [4.78, 5) is 14.8. The number of nitrogens with one attached hydrogen (secondary N) is 2. The van der Waals surface area contributed by atoms with Crippen LogP contribution in [0.5, 0.6) is 0 Å². The maximum atomic E-state index is 10.7. The van der Waals surface area contributed by atoms with E-state index in [1.54, 1.807) is 11.6 Å². The van der Waals surface area contributed by atoms with Gasteiger partial charge in [0.2, 0.25) is 0 Å². The number of nitrogens with zero attached hydrogens (tertiary/aromatic N) is 1. The van der Waals surface area contributed by atoms with Crippen LogP contribution in [0.2, 0.25) is 0 Å². The molecule has 1 aliphatic heterocycles. The van der Waals surface area contributed by atoms with Crippen LogP contribution in [0.4, 0.5) is 5.82 Å². The molecule has 0 radical (unpaired) electrons.